The second-order valence-corrected chi connectivity index (χ2v) is 6.21. The van der Waals surface area contributed by atoms with Crippen molar-refractivity contribution in [1.82, 2.24) is 0 Å². The van der Waals surface area contributed by atoms with Crippen molar-refractivity contribution in [2.75, 3.05) is 19.0 Å². The molecule has 24 heavy (non-hydrogen) atoms. The smallest absolute Gasteiger partial charge is 0.255 e. The van der Waals surface area contributed by atoms with Crippen LogP contribution in [-0.4, -0.2) is 14.1 Å². The van der Waals surface area contributed by atoms with E-state index < -0.39 is 0 Å². The van der Waals surface area contributed by atoms with Crippen LogP contribution in [0.4, 0.5) is 5.69 Å². The van der Waals surface area contributed by atoms with Gasteiger partial charge in [-0.3, -0.25) is 0 Å². The van der Waals surface area contributed by atoms with Gasteiger partial charge in [0, 0.05) is 31.4 Å². The zero-order valence-corrected chi connectivity index (χ0v) is 14.7. The molecule has 3 heteroatoms. The summed E-state index contributed by atoms with van der Waals surface area (Å²) in [6.45, 7) is 2.08. The first kappa shape index (κ1) is 16.1. The van der Waals surface area contributed by atoms with Crippen LogP contribution in [-0.2, 0) is 7.05 Å². The fraction of sp³-hybridized carbons (Fsp3) is 0.190. The predicted octanol–water partition coefficient (Wildman–Crippen LogP) is 4.32. The Balaban J connectivity index is 1.81. The number of benzene rings is 2. The number of nitrogens with zero attached hydrogens (tertiary/aromatic N) is 2. The fourth-order valence-corrected chi connectivity index (χ4v) is 2.52. The lowest BCUT2D eigenvalue weighted by molar-refractivity contribution is -0.844. The number of hydrogen-bond donors (Lipinski definition) is 0. The van der Waals surface area contributed by atoms with E-state index in [0.717, 1.165) is 17.0 Å². The van der Waals surface area contributed by atoms with Crippen LogP contribution < -0.4 is 9.64 Å². The van der Waals surface area contributed by atoms with Crippen molar-refractivity contribution in [2.45, 2.75) is 6.92 Å². The predicted molar refractivity (Wildman–Crippen MR) is 99.8 cm³/mol. The summed E-state index contributed by atoms with van der Waals surface area (Å²) in [6, 6.07) is 18.9. The van der Waals surface area contributed by atoms with Crippen molar-refractivity contribution >= 4 is 17.8 Å². The van der Waals surface area contributed by atoms with E-state index in [2.05, 4.69) is 78.6 Å². The first-order chi connectivity index (χ1) is 11.5. The van der Waals surface area contributed by atoms with Crippen LogP contribution in [0.25, 0.3) is 23.5 Å². The van der Waals surface area contributed by atoms with Crippen molar-refractivity contribution in [3.05, 3.63) is 71.4 Å². The van der Waals surface area contributed by atoms with Crippen LogP contribution >= 0.6 is 0 Å². The summed E-state index contributed by atoms with van der Waals surface area (Å²) in [5.41, 5.74) is 5.73. The van der Waals surface area contributed by atoms with E-state index in [1.165, 1.54) is 16.8 Å². The highest BCUT2D eigenvalue weighted by atomic mass is 16.5. The van der Waals surface area contributed by atoms with Gasteiger partial charge in [0.05, 0.1) is 6.07 Å². The standard InChI is InChI=1S/C21H23N2O/c1-16-5-10-18(11-6-16)21-15-20(23(4)24-21)14-9-17-7-12-19(13-8-17)22(2)3/h5-15H,1-4H3/q+1. The number of aromatic nitrogens is 1. The van der Waals surface area contributed by atoms with Crippen molar-refractivity contribution in [3.8, 4) is 11.3 Å². The number of aryl methyl sites for hydroxylation is 2. The van der Waals surface area contributed by atoms with Crippen molar-refractivity contribution in [3.63, 3.8) is 0 Å². The van der Waals surface area contributed by atoms with Gasteiger partial charge in [0.1, 0.15) is 0 Å². The molecule has 0 spiro atoms. The summed E-state index contributed by atoms with van der Waals surface area (Å²) in [4.78, 5) is 2.09. The molecule has 0 bridgehead atoms. The first-order valence-electron chi connectivity index (χ1n) is 8.06. The molecule has 0 saturated heterocycles. The molecule has 0 aliphatic heterocycles. The molecule has 0 N–H and O–H groups in total. The summed E-state index contributed by atoms with van der Waals surface area (Å²) in [6.07, 6.45) is 4.18. The molecule has 0 radical (unpaired) electrons. The molecule has 0 unspecified atom stereocenters. The third-order valence-electron chi connectivity index (χ3n) is 4.07. The van der Waals surface area contributed by atoms with Crippen molar-refractivity contribution in [1.29, 1.82) is 0 Å². The van der Waals surface area contributed by atoms with E-state index in [0.29, 0.717) is 0 Å². The highest BCUT2D eigenvalue weighted by Crippen LogP contribution is 2.21. The van der Waals surface area contributed by atoms with Gasteiger partial charge in [-0.25, -0.2) is 4.52 Å². The van der Waals surface area contributed by atoms with Crippen LogP contribution in [0.5, 0.6) is 0 Å². The maximum atomic E-state index is 5.84. The van der Waals surface area contributed by atoms with Gasteiger partial charge in [-0.1, -0.05) is 42.0 Å². The molecule has 122 valence electrons. The van der Waals surface area contributed by atoms with Gasteiger partial charge in [-0.15, -0.1) is 0 Å². The Bertz CT molecular complexity index is 841. The minimum atomic E-state index is 0.875. The molecular formula is C21H23N2O+. The number of hydrogen-bond acceptors (Lipinski definition) is 2. The van der Waals surface area contributed by atoms with Crippen LogP contribution in [0.3, 0.4) is 0 Å². The lowest BCUT2D eigenvalue weighted by Gasteiger charge is -2.11. The van der Waals surface area contributed by atoms with Crippen LogP contribution in [0, 0.1) is 6.92 Å². The summed E-state index contributed by atoms with van der Waals surface area (Å²) >= 11 is 0. The minimum Gasteiger partial charge on any atom is -0.378 e. The Morgan fingerprint density at radius 3 is 2.21 bits per heavy atom. The number of rotatable bonds is 4. The topological polar surface area (TPSA) is 20.3 Å². The zero-order valence-electron chi connectivity index (χ0n) is 14.7. The summed E-state index contributed by atoms with van der Waals surface area (Å²) in [7, 11) is 6.01. The molecule has 0 saturated carbocycles. The molecule has 3 nitrogen and oxygen atoms in total. The SMILES string of the molecule is Cc1ccc(-c2cc(/C=C/c3ccc(N(C)C)cc3)[n+](C)o2)cc1. The van der Waals surface area contributed by atoms with E-state index in [-0.39, 0.29) is 0 Å². The summed E-state index contributed by atoms with van der Waals surface area (Å²) in [5.74, 6) is 0.875. The lowest BCUT2D eigenvalue weighted by atomic mass is 10.1. The van der Waals surface area contributed by atoms with Crippen LogP contribution in [0.15, 0.2) is 59.1 Å². The Labute approximate surface area is 143 Å². The van der Waals surface area contributed by atoms with Gasteiger partial charge < -0.3 is 4.90 Å². The molecule has 1 aromatic heterocycles. The maximum absolute atomic E-state index is 5.84. The lowest BCUT2D eigenvalue weighted by Crippen LogP contribution is -2.27. The highest BCUT2D eigenvalue weighted by Gasteiger charge is 2.14. The van der Waals surface area contributed by atoms with Crippen molar-refractivity contribution in [2.24, 2.45) is 7.05 Å². The molecule has 2 aromatic carbocycles. The molecule has 1 heterocycles. The largest absolute Gasteiger partial charge is 0.378 e. The molecular weight excluding hydrogens is 296 g/mol. The van der Waals surface area contributed by atoms with Gasteiger partial charge in [0.15, 0.2) is 7.05 Å². The van der Waals surface area contributed by atoms with Gasteiger partial charge in [-0.05, 0) is 35.4 Å². The molecule has 0 amide bonds. The van der Waals surface area contributed by atoms with Crippen molar-refractivity contribution < 1.29 is 9.26 Å². The van der Waals surface area contributed by atoms with Crippen LogP contribution in [0.1, 0.15) is 16.8 Å². The van der Waals surface area contributed by atoms with E-state index in [9.17, 15) is 0 Å². The zero-order chi connectivity index (χ0) is 17.1. The van der Waals surface area contributed by atoms with E-state index in [1.54, 1.807) is 4.74 Å². The second-order valence-electron chi connectivity index (χ2n) is 6.21. The van der Waals surface area contributed by atoms with Gasteiger partial charge in [-0.2, -0.15) is 0 Å². The third kappa shape index (κ3) is 3.57. The fourth-order valence-electron chi connectivity index (χ4n) is 2.52. The Hall–Kier alpha value is -2.81. The van der Waals surface area contributed by atoms with Gasteiger partial charge in [0.25, 0.3) is 5.69 Å². The Morgan fingerprint density at radius 2 is 1.58 bits per heavy atom. The normalized spacial score (nSPS) is 11.2. The Kier molecular flexibility index (Phi) is 4.52. The average molecular weight is 319 g/mol. The number of anilines is 1. The van der Waals surface area contributed by atoms with Crippen LogP contribution in [0.2, 0.25) is 0 Å². The molecule has 3 rings (SSSR count). The summed E-state index contributed by atoms with van der Waals surface area (Å²) in [5, 5.41) is 0. The molecule has 0 aliphatic rings. The van der Waals surface area contributed by atoms with E-state index in [1.807, 2.05) is 21.1 Å². The quantitative estimate of drug-likeness (QED) is 0.668. The average Bonchev–Trinajstić information content (AvgIpc) is 2.95. The third-order valence-corrected chi connectivity index (χ3v) is 4.07. The molecule has 0 aliphatic carbocycles. The minimum absolute atomic E-state index is 0.875. The van der Waals surface area contributed by atoms with E-state index >= 15 is 0 Å². The maximum Gasteiger partial charge on any atom is 0.255 e. The first-order valence-corrected chi connectivity index (χ1v) is 8.06. The van der Waals surface area contributed by atoms with Gasteiger partial charge >= 0.3 is 0 Å². The van der Waals surface area contributed by atoms with E-state index in [4.69, 9.17) is 4.52 Å². The Morgan fingerprint density at radius 1 is 0.917 bits per heavy atom. The monoisotopic (exact) mass is 319 g/mol. The second kappa shape index (κ2) is 6.75. The highest BCUT2D eigenvalue weighted by molar-refractivity contribution is 5.70. The molecule has 0 atom stereocenters. The van der Waals surface area contributed by atoms with Gasteiger partial charge in [0.2, 0.25) is 5.76 Å². The molecule has 0 fully saturated rings. The summed E-state index contributed by atoms with van der Waals surface area (Å²) < 4.78 is 7.63. The molecule has 3 aromatic rings.